The molecule has 2 aromatic carbocycles. The van der Waals surface area contributed by atoms with Gasteiger partial charge in [-0.1, -0.05) is 35.6 Å². The third-order valence-electron chi connectivity index (χ3n) is 3.03. The van der Waals surface area contributed by atoms with Crippen molar-refractivity contribution in [2.75, 3.05) is 11.9 Å². The number of carbonyl (C=O) groups is 1. The standard InChI is InChI=1S/C18H18N2O/c1-13-5-3-6-16(11-13)18(21)20-17-12-14(2)8-9-15(17)7-4-10-19/h3,5-6,8-9,11-12H,10,19H2,1-2H3,(H,20,21). The summed E-state index contributed by atoms with van der Waals surface area (Å²) in [5, 5.41) is 2.92. The Balaban J connectivity index is 2.30. The van der Waals surface area contributed by atoms with E-state index >= 15 is 0 Å². The van der Waals surface area contributed by atoms with Crippen LogP contribution >= 0.6 is 0 Å². The minimum atomic E-state index is -0.139. The molecule has 0 saturated heterocycles. The van der Waals surface area contributed by atoms with Crippen LogP contribution in [0.15, 0.2) is 42.5 Å². The number of hydrogen-bond acceptors (Lipinski definition) is 2. The second kappa shape index (κ2) is 6.74. The van der Waals surface area contributed by atoms with E-state index in [1.54, 1.807) is 6.07 Å². The van der Waals surface area contributed by atoms with Crippen LogP contribution in [0.25, 0.3) is 0 Å². The van der Waals surface area contributed by atoms with Crippen LogP contribution in [0.3, 0.4) is 0 Å². The van der Waals surface area contributed by atoms with Gasteiger partial charge in [0.25, 0.3) is 5.91 Å². The first-order valence-electron chi connectivity index (χ1n) is 6.78. The fourth-order valence-corrected chi connectivity index (χ4v) is 2.00. The molecular formula is C18H18N2O. The molecule has 3 heteroatoms. The first-order chi connectivity index (χ1) is 10.1. The lowest BCUT2D eigenvalue weighted by Crippen LogP contribution is -2.13. The Morgan fingerprint density at radius 2 is 1.90 bits per heavy atom. The summed E-state index contributed by atoms with van der Waals surface area (Å²) < 4.78 is 0. The number of rotatable bonds is 2. The molecule has 0 fully saturated rings. The molecule has 0 aliphatic heterocycles. The molecule has 21 heavy (non-hydrogen) atoms. The predicted octanol–water partition coefficient (Wildman–Crippen LogP) is 2.87. The van der Waals surface area contributed by atoms with E-state index < -0.39 is 0 Å². The minimum absolute atomic E-state index is 0.139. The number of nitrogens with one attached hydrogen (secondary N) is 1. The molecule has 0 aliphatic rings. The first kappa shape index (κ1) is 14.8. The lowest BCUT2D eigenvalue weighted by atomic mass is 10.1. The molecule has 0 aliphatic carbocycles. The fourth-order valence-electron chi connectivity index (χ4n) is 2.00. The Bertz CT molecular complexity index is 723. The molecule has 3 N–H and O–H groups in total. The minimum Gasteiger partial charge on any atom is -0.321 e. The van der Waals surface area contributed by atoms with E-state index in [1.807, 2.05) is 50.2 Å². The van der Waals surface area contributed by atoms with E-state index in [4.69, 9.17) is 5.73 Å². The molecule has 0 spiro atoms. The van der Waals surface area contributed by atoms with E-state index in [2.05, 4.69) is 17.2 Å². The zero-order valence-corrected chi connectivity index (χ0v) is 12.2. The van der Waals surface area contributed by atoms with Crippen LogP contribution in [-0.2, 0) is 0 Å². The molecule has 0 bridgehead atoms. The highest BCUT2D eigenvalue weighted by Gasteiger charge is 2.08. The Morgan fingerprint density at radius 3 is 2.62 bits per heavy atom. The Labute approximate surface area is 125 Å². The van der Waals surface area contributed by atoms with Gasteiger partial charge in [-0.05, 0) is 43.7 Å². The Morgan fingerprint density at radius 1 is 1.14 bits per heavy atom. The molecule has 3 nitrogen and oxygen atoms in total. The lowest BCUT2D eigenvalue weighted by molar-refractivity contribution is 0.102. The van der Waals surface area contributed by atoms with Crippen molar-refractivity contribution in [1.29, 1.82) is 0 Å². The Hall–Kier alpha value is -2.57. The van der Waals surface area contributed by atoms with Crippen LogP contribution in [0.4, 0.5) is 5.69 Å². The van der Waals surface area contributed by atoms with Crippen LogP contribution in [-0.4, -0.2) is 12.5 Å². The highest BCUT2D eigenvalue weighted by atomic mass is 16.1. The summed E-state index contributed by atoms with van der Waals surface area (Å²) in [7, 11) is 0. The van der Waals surface area contributed by atoms with Crippen molar-refractivity contribution in [2.45, 2.75) is 13.8 Å². The van der Waals surface area contributed by atoms with Gasteiger partial charge in [0.1, 0.15) is 0 Å². The van der Waals surface area contributed by atoms with Gasteiger partial charge < -0.3 is 11.1 Å². The van der Waals surface area contributed by atoms with Gasteiger partial charge in [-0.25, -0.2) is 0 Å². The fraction of sp³-hybridized carbons (Fsp3) is 0.167. The van der Waals surface area contributed by atoms with Gasteiger partial charge in [0.2, 0.25) is 0 Å². The highest BCUT2D eigenvalue weighted by molar-refractivity contribution is 6.05. The molecule has 0 atom stereocenters. The van der Waals surface area contributed by atoms with Gasteiger partial charge >= 0.3 is 0 Å². The molecule has 1 amide bonds. The van der Waals surface area contributed by atoms with Crippen molar-refractivity contribution >= 4 is 11.6 Å². The van der Waals surface area contributed by atoms with Crippen molar-refractivity contribution in [1.82, 2.24) is 0 Å². The van der Waals surface area contributed by atoms with Crippen LogP contribution in [0.1, 0.15) is 27.0 Å². The number of benzene rings is 2. The number of nitrogens with two attached hydrogens (primary N) is 1. The van der Waals surface area contributed by atoms with Crippen molar-refractivity contribution in [3.63, 3.8) is 0 Å². The van der Waals surface area contributed by atoms with E-state index in [0.29, 0.717) is 17.8 Å². The third kappa shape index (κ3) is 3.95. The van der Waals surface area contributed by atoms with Crippen molar-refractivity contribution in [2.24, 2.45) is 5.73 Å². The molecule has 0 radical (unpaired) electrons. The second-order valence-electron chi connectivity index (χ2n) is 4.88. The average molecular weight is 278 g/mol. The lowest BCUT2D eigenvalue weighted by Gasteiger charge is -2.09. The van der Waals surface area contributed by atoms with Crippen LogP contribution < -0.4 is 11.1 Å². The summed E-state index contributed by atoms with van der Waals surface area (Å²) >= 11 is 0. The van der Waals surface area contributed by atoms with Gasteiger partial charge in [-0.2, -0.15) is 0 Å². The third-order valence-corrected chi connectivity index (χ3v) is 3.03. The highest BCUT2D eigenvalue weighted by Crippen LogP contribution is 2.18. The quantitative estimate of drug-likeness (QED) is 0.830. The monoisotopic (exact) mass is 278 g/mol. The molecule has 0 heterocycles. The van der Waals surface area contributed by atoms with Crippen LogP contribution in [0, 0.1) is 25.7 Å². The number of anilines is 1. The summed E-state index contributed by atoms with van der Waals surface area (Å²) in [5.41, 5.74) is 9.63. The van der Waals surface area contributed by atoms with E-state index in [1.165, 1.54) is 0 Å². The normalized spacial score (nSPS) is 9.67. The smallest absolute Gasteiger partial charge is 0.255 e. The molecule has 0 aromatic heterocycles. The maximum atomic E-state index is 12.3. The number of aryl methyl sites for hydroxylation is 2. The van der Waals surface area contributed by atoms with Crippen LogP contribution in [0.5, 0.6) is 0 Å². The first-order valence-corrected chi connectivity index (χ1v) is 6.78. The number of carbonyl (C=O) groups excluding carboxylic acids is 1. The number of hydrogen-bond donors (Lipinski definition) is 2. The molecule has 0 saturated carbocycles. The summed E-state index contributed by atoms with van der Waals surface area (Å²) in [5.74, 6) is 5.65. The Kier molecular flexibility index (Phi) is 4.76. The zero-order valence-electron chi connectivity index (χ0n) is 12.2. The summed E-state index contributed by atoms with van der Waals surface area (Å²) in [6, 6.07) is 13.2. The molecule has 106 valence electrons. The zero-order chi connectivity index (χ0) is 15.2. The molecule has 2 aromatic rings. The molecule has 0 unspecified atom stereocenters. The van der Waals surface area contributed by atoms with E-state index in [-0.39, 0.29) is 5.91 Å². The predicted molar refractivity (Wildman–Crippen MR) is 86.2 cm³/mol. The second-order valence-corrected chi connectivity index (χ2v) is 4.88. The molecular weight excluding hydrogens is 260 g/mol. The van der Waals surface area contributed by atoms with Crippen molar-refractivity contribution in [3.05, 3.63) is 64.7 Å². The molecule has 2 rings (SSSR count). The van der Waals surface area contributed by atoms with Gasteiger partial charge in [0, 0.05) is 11.1 Å². The van der Waals surface area contributed by atoms with Crippen molar-refractivity contribution in [3.8, 4) is 11.8 Å². The summed E-state index contributed by atoms with van der Waals surface area (Å²) in [4.78, 5) is 12.3. The summed E-state index contributed by atoms with van der Waals surface area (Å²) in [6.45, 7) is 4.23. The topological polar surface area (TPSA) is 55.1 Å². The maximum absolute atomic E-state index is 12.3. The van der Waals surface area contributed by atoms with E-state index in [9.17, 15) is 4.79 Å². The van der Waals surface area contributed by atoms with Gasteiger partial charge in [0.15, 0.2) is 0 Å². The van der Waals surface area contributed by atoms with Gasteiger partial charge in [-0.15, -0.1) is 0 Å². The maximum Gasteiger partial charge on any atom is 0.255 e. The summed E-state index contributed by atoms with van der Waals surface area (Å²) in [6.07, 6.45) is 0. The van der Waals surface area contributed by atoms with Crippen LogP contribution in [0.2, 0.25) is 0 Å². The number of amides is 1. The van der Waals surface area contributed by atoms with Gasteiger partial charge in [-0.3, -0.25) is 4.79 Å². The van der Waals surface area contributed by atoms with E-state index in [0.717, 1.165) is 16.7 Å². The average Bonchev–Trinajstić information content (AvgIpc) is 2.46. The SMILES string of the molecule is Cc1cccc(C(=O)Nc2cc(C)ccc2C#CCN)c1. The van der Waals surface area contributed by atoms with Crippen molar-refractivity contribution < 1.29 is 4.79 Å². The largest absolute Gasteiger partial charge is 0.321 e. The van der Waals surface area contributed by atoms with Gasteiger partial charge in [0.05, 0.1) is 12.2 Å².